The first-order valence-electron chi connectivity index (χ1n) is 8.93. The standard InChI is InChI=1S/C23H19NO4/c25-14-19-13-20(26)22(27)23(28-19)21(24-18-8-2-1-3-9-18)17-11-10-15-6-4-5-7-16(15)12-17/h1-13,21,24-25,27H,14H2. The van der Waals surface area contributed by atoms with Gasteiger partial charge in [0, 0.05) is 11.8 Å². The van der Waals surface area contributed by atoms with Gasteiger partial charge in [-0.2, -0.15) is 0 Å². The van der Waals surface area contributed by atoms with Crippen LogP contribution in [0.4, 0.5) is 5.69 Å². The van der Waals surface area contributed by atoms with Crippen molar-refractivity contribution in [2.45, 2.75) is 12.6 Å². The highest BCUT2D eigenvalue weighted by Gasteiger charge is 2.24. The third kappa shape index (κ3) is 3.48. The number of aromatic hydroxyl groups is 1. The molecule has 0 aliphatic heterocycles. The zero-order valence-electron chi connectivity index (χ0n) is 15.0. The maximum absolute atomic E-state index is 12.2. The van der Waals surface area contributed by atoms with Crippen LogP contribution < -0.4 is 10.7 Å². The van der Waals surface area contributed by atoms with Gasteiger partial charge in [-0.15, -0.1) is 0 Å². The number of rotatable bonds is 5. The molecule has 0 spiro atoms. The smallest absolute Gasteiger partial charge is 0.227 e. The number of nitrogens with one attached hydrogen (secondary N) is 1. The Hall–Kier alpha value is -3.57. The van der Waals surface area contributed by atoms with Crippen molar-refractivity contribution in [3.63, 3.8) is 0 Å². The zero-order chi connectivity index (χ0) is 19.5. The van der Waals surface area contributed by atoms with Gasteiger partial charge in [0.15, 0.2) is 5.76 Å². The summed E-state index contributed by atoms with van der Waals surface area (Å²) in [5, 5.41) is 25.3. The molecule has 0 bridgehead atoms. The van der Waals surface area contributed by atoms with Crippen LogP contribution in [-0.4, -0.2) is 10.2 Å². The highest BCUT2D eigenvalue weighted by Crippen LogP contribution is 2.33. The predicted octanol–water partition coefficient (Wildman–Crippen LogP) is 4.19. The van der Waals surface area contributed by atoms with Crippen molar-refractivity contribution < 1.29 is 14.6 Å². The van der Waals surface area contributed by atoms with Crippen molar-refractivity contribution >= 4 is 16.5 Å². The Morgan fingerprint density at radius 2 is 1.61 bits per heavy atom. The predicted molar refractivity (Wildman–Crippen MR) is 108 cm³/mol. The Balaban J connectivity index is 1.89. The van der Waals surface area contributed by atoms with Crippen LogP contribution in [0.1, 0.15) is 23.1 Å². The van der Waals surface area contributed by atoms with E-state index in [1.54, 1.807) is 0 Å². The summed E-state index contributed by atoms with van der Waals surface area (Å²) in [6, 6.07) is 23.8. The zero-order valence-corrected chi connectivity index (χ0v) is 15.0. The number of fused-ring (bicyclic) bond motifs is 1. The maximum atomic E-state index is 12.2. The third-order valence-corrected chi connectivity index (χ3v) is 4.61. The number of hydrogen-bond donors (Lipinski definition) is 3. The molecule has 0 radical (unpaired) electrons. The van der Waals surface area contributed by atoms with Gasteiger partial charge in [0.2, 0.25) is 11.2 Å². The minimum absolute atomic E-state index is 0.0654. The molecule has 0 saturated carbocycles. The van der Waals surface area contributed by atoms with E-state index in [0.717, 1.165) is 28.1 Å². The van der Waals surface area contributed by atoms with Crippen LogP contribution in [0.3, 0.4) is 0 Å². The molecule has 0 saturated heterocycles. The molecule has 28 heavy (non-hydrogen) atoms. The quantitative estimate of drug-likeness (QED) is 0.489. The summed E-state index contributed by atoms with van der Waals surface area (Å²) in [6.45, 7) is -0.432. The number of para-hydroxylation sites is 1. The van der Waals surface area contributed by atoms with Crippen molar-refractivity contribution in [1.29, 1.82) is 0 Å². The molecule has 0 aliphatic rings. The van der Waals surface area contributed by atoms with Crippen LogP contribution in [0.15, 0.2) is 88.1 Å². The minimum Gasteiger partial charge on any atom is -0.502 e. The van der Waals surface area contributed by atoms with Gasteiger partial charge in [-0.25, -0.2) is 0 Å². The fourth-order valence-corrected chi connectivity index (χ4v) is 3.22. The fourth-order valence-electron chi connectivity index (χ4n) is 3.22. The Kier molecular flexibility index (Phi) is 4.83. The van der Waals surface area contributed by atoms with Crippen LogP contribution in [0.2, 0.25) is 0 Å². The summed E-state index contributed by atoms with van der Waals surface area (Å²) < 4.78 is 5.68. The molecular weight excluding hydrogens is 354 g/mol. The Bertz CT molecular complexity index is 1170. The van der Waals surface area contributed by atoms with E-state index in [-0.39, 0.29) is 11.5 Å². The van der Waals surface area contributed by atoms with Gasteiger partial charge >= 0.3 is 0 Å². The summed E-state index contributed by atoms with van der Waals surface area (Å²) in [4.78, 5) is 12.2. The van der Waals surface area contributed by atoms with Gasteiger partial charge in [-0.05, 0) is 34.5 Å². The second-order valence-corrected chi connectivity index (χ2v) is 6.50. The molecule has 5 nitrogen and oxygen atoms in total. The number of anilines is 1. The molecule has 1 heterocycles. The molecule has 1 aromatic heterocycles. The summed E-state index contributed by atoms with van der Waals surface area (Å²) in [7, 11) is 0. The van der Waals surface area contributed by atoms with Gasteiger partial charge < -0.3 is 19.9 Å². The number of benzene rings is 3. The average Bonchev–Trinajstić information content (AvgIpc) is 2.74. The Labute approximate surface area is 161 Å². The van der Waals surface area contributed by atoms with Crippen molar-refractivity contribution in [2.24, 2.45) is 0 Å². The first kappa shape index (κ1) is 17.8. The van der Waals surface area contributed by atoms with Gasteiger partial charge in [-0.1, -0.05) is 54.6 Å². The lowest BCUT2D eigenvalue weighted by Gasteiger charge is -2.21. The summed E-state index contributed by atoms with van der Waals surface area (Å²) in [6.07, 6.45) is 0. The molecular formula is C23H19NO4. The second-order valence-electron chi connectivity index (χ2n) is 6.50. The second kappa shape index (κ2) is 7.58. The summed E-state index contributed by atoms with van der Waals surface area (Å²) in [5.41, 5.74) is 1.03. The van der Waals surface area contributed by atoms with Crippen molar-refractivity contribution in [1.82, 2.24) is 0 Å². The van der Waals surface area contributed by atoms with Crippen LogP contribution in [0, 0.1) is 0 Å². The molecule has 140 valence electrons. The minimum atomic E-state index is -0.619. The van der Waals surface area contributed by atoms with E-state index < -0.39 is 23.8 Å². The molecule has 5 heteroatoms. The van der Waals surface area contributed by atoms with Gasteiger partial charge in [0.05, 0.1) is 0 Å². The van der Waals surface area contributed by atoms with E-state index in [2.05, 4.69) is 5.32 Å². The molecule has 0 amide bonds. The normalized spacial score (nSPS) is 12.0. The fraction of sp³-hybridized carbons (Fsp3) is 0.0870. The molecule has 4 rings (SSSR count). The van der Waals surface area contributed by atoms with Gasteiger partial charge in [0.25, 0.3) is 0 Å². The largest absolute Gasteiger partial charge is 0.502 e. The number of aliphatic hydroxyl groups excluding tert-OH is 1. The molecule has 0 aliphatic carbocycles. The van der Waals surface area contributed by atoms with E-state index >= 15 is 0 Å². The molecule has 3 aromatic carbocycles. The number of aliphatic hydroxyl groups is 1. The highest BCUT2D eigenvalue weighted by molar-refractivity contribution is 5.83. The molecule has 3 N–H and O–H groups in total. The Morgan fingerprint density at radius 3 is 2.36 bits per heavy atom. The van der Waals surface area contributed by atoms with Crippen LogP contribution in [0.5, 0.6) is 5.75 Å². The van der Waals surface area contributed by atoms with Crippen molar-refractivity contribution in [3.8, 4) is 5.75 Å². The molecule has 4 aromatic rings. The van der Waals surface area contributed by atoms with Gasteiger partial charge in [-0.3, -0.25) is 4.79 Å². The summed E-state index contributed by atoms with van der Waals surface area (Å²) >= 11 is 0. The lowest BCUT2D eigenvalue weighted by Crippen LogP contribution is -2.16. The van der Waals surface area contributed by atoms with Crippen LogP contribution >= 0.6 is 0 Å². The topological polar surface area (TPSA) is 82.7 Å². The lowest BCUT2D eigenvalue weighted by atomic mass is 9.99. The van der Waals surface area contributed by atoms with Crippen molar-refractivity contribution in [3.05, 3.63) is 106 Å². The van der Waals surface area contributed by atoms with Crippen LogP contribution in [0.25, 0.3) is 10.8 Å². The molecule has 1 unspecified atom stereocenters. The van der Waals surface area contributed by atoms with Gasteiger partial charge in [0.1, 0.15) is 18.4 Å². The van der Waals surface area contributed by atoms with E-state index in [9.17, 15) is 15.0 Å². The average molecular weight is 373 g/mol. The summed E-state index contributed by atoms with van der Waals surface area (Å²) in [5.74, 6) is -0.312. The number of hydrogen-bond acceptors (Lipinski definition) is 5. The van der Waals surface area contributed by atoms with E-state index in [4.69, 9.17) is 4.42 Å². The Morgan fingerprint density at radius 1 is 0.893 bits per heavy atom. The van der Waals surface area contributed by atoms with Crippen LogP contribution in [-0.2, 0) is 6.61 Å². The van der Waals surface area contributed by atoms with E-state index in [1.807, 2.05) is 72.8 Å². The SMILES string of the molecule is O=c1cc(CO)oc(C(Nc2ccccc2)c2ccc3ccccc3c2)c1O. The molecule has 1 atom stereocenters. The lowest BCUT2D eigenvalue weighted by molar-refractivity contribution is 0.234. The highest BCUT2D eigenvalue weighted by atomic mass is 16.4. The maximum Gasteiger partial charge on any atom is 0.227 e. The monoisotopic (exact) mass is 373 g/mol. The molecule has 0 fully saturated rings. The first-order chi connectivity index (χ1) is 13.7. The van der Waals surface area contributed by atoms with Crippen molar-refractivity contribution in [2.75, 3.05) is 5.32 Å². The van der Waals surface area contributed by atoms with E-state index in [1.165, 1.54) is 0 Å². The first-order valence-corrected chi connectivity index (χ1v) is 8.93. The van der Waals surface area contributed by atoms with E-state index in [0.29, 0.717) is 0 Å². The third-order valence-electron chi connectivity index (χ3n) is 4.61.